The van der Waals surface area contributed by atoms with Crippen LogP contribution in [-0.4, -0.2) is 37.0 Å². The summed E-state index contributed by atoms with van der Waals surface area (Å²) in [5.74, 6) is 2.76. The molecule has 4 heteroatoms. The van der Waals surface area contributed by atoms with Crippen molar-refractivity contribution in [1.29, 1.82) is 0 Å². The molecule has 0 bridgehead atoms. The monoisotopic (exact) mass is 314 g/mol. The molecule has 2 atom stereocenters. The third kappa shape index (κ3) is 3.39. The fourth-order valence-electron chi connectivity index (χ4n) is 4.65. The van der Waals surface area contributed by atoms with Gasteiger partial charge in [-0.15, -0.1) is 12.4 Å². The van der Waals surface area contributed by atoms with E-state index in [2.05, 4.69) is 24.1 Å². The number of nitrogens with one attached hydrogen (secondary N) is 1. The molecule has 3 nitrogen and oxygen atoms in total. The average molecular weight is 315 g/mol. The zero-order chi connectivity index (χ0) is 14.2. The maximum Gasteiger partial charge on any atom is 0.228 e. The lowest BCUT2D eigenvalue weighted by Gasteiger charge is -2.44. The van der Waals surface area contributed by atoms with Gasteiger partial charge in [-0.1, -0.05) is 20.3 Å². The molecule has 2 aliphatic heterocycles. The fourth-order valence-corrected chi connectivity index (χ4v) is 4.65. The zero-order valence-electron chi connectivity index (χ0n) is 13.6. The summed E-state index contributed by atoms with van der Waals surface area (Å²) in [5.41, 5.74) is 0.0197. The molecule has 1 aliphatic carbocycles. The second-order valence-corrected chi connectivity index (χ2v) is 7.78. The number of nitrogens with zero attached hydrogens (tertiary/aromatic N) is 1. The number of halogens is 1. The molecule has 0 radical (unpaired) electrons. The standard InChI is InChI=1S/C17H30N2O.ClH/c1-13(2)10-17(6-3-7-17)16(20)19-8-4-14-11-18-12-15(14)5-9-19;/h13-15,18H,3-12H2,1-2H3;1H/t14-,15+;. The van der Waals surface area contributed by atoms with Gasteiger partial charge >= 0.3 is 0 Å². The molecule has 21 heavy (non-hydrogen) atoms. The highest BCUT2D eigenvalue weighted by atomic mass is 35.5. The van der Waals surface area contributed by atoms with E-state index < -0.39 is 0 Å². The molecule has 0 unspecified atom stereocenters. The minimum atomic E-state index is 0. The lowest BCUT2D eigenvalue weighted by Crippen LogP contribution is -2.49. The smallest absolute Gasteiger partial charge is 0.228 e. The van der Waals surface area contributed by atoms with Crippen molar-refractivity contribution >= 4 is 18.3 Å². The molecule has 122 valence electrons. The van der Waals surface area contributed by atoms with Gasteiger partial charge in [0, 0.05) is 18.5 Å². The number of amides is 1. The Labute approximate surface area is 135 Å². The van der Waals surface area contributed by atoms with Crippen molar-refractivity contribution in [2.45, 2.75) is 52.4 Å². The van der Waals surface area contributed by atoms with Crippen LogP contribution in [0.25, 0.3) is 0 Å². The van der Waals surface area contributed by atoms with Crippen molar-refractivity contribution in [3.05, 3.63) is 0 Å². The predicted molar refractivity (Wildman–Crippen MR) is 88.7 cm³/mol. The number of hydrogen-bond donors (Lipinski definition) is 1. The molecule has 3 aliphatic rings. The first kappa shape index (κ1) is 17.1. The van der Waals surface area contributed by atoms with Crippen LogP contribution in [0.3, 0.4) is 0 Å². The number of likely N-dealkylation sites (tertiary alicyclic amines) is 1. The van der Waals surface area contributed by atoms with E-state index in [1.807, 2.05) is 0 Å². The zero-order valence-corrected chi connectivity index (χ0v) is 14.4. The second-order valence-electron chi connectivity index (χ2n) is 7.78. The van der Waals surface area contributed by atoms with Crippen LogP contribution in [0.2, 0.25) is 0 Å². The van der Waals surface area contributed by atoms with Crippen LogP contribution in [0, 0.1) is 23.2 Å². The Morgan fingerprint density at radius 3 is 2.19 bits per heavy atom. The Bertz CT molecular complexity index is 354. The van der Waals surface area contributed by atoms with Gasteiger partial charge in [0.25, 0.3) is 0 Å². The summed E-state index contributed by atoms with van der Waals surface area (Å²) in [7, 11) is 0. The molecule has 2 heterocycles. The highest BCUT2D eigenvalue weighted by Crippen LogP contribution is 2.47. The van der Waals surface area contributed by atoms with E-state index in [9.17, 15) is 4.79 Å². The Morgan fingerprint density at radius 1 is 1.19 bits per heavy atom. The van der Waals surface area contributed by atoms with E-state index in [-0.39, 0.29) is 17.8 Å². The van der Waals surface area contributed by atoms with E-state index in [4.69, 9.17) is 0 Å². The van der Waals surface area contributed by atoms with E-state index in [1.165, 1.54) is 32.4 Å². The van der Waals surface area contributed by atoms with Crippen molar-refractivity contribution in [1.82, 2.24) is 10.2 Å². The van der Waals surface area contributed by atoms with E-state index in [0.29, 0.717) is 11.8 Å². The van der Waals surface area contributed by atoms with Crippen molar-refractivity contribution in [3.8, 4) is 0 Å². The van der Waals surface area contributed by atoms with Gasteiger partial charge in [0.05, 0.1) is 0 Å². The van der Waals surface area contributed by atoms with Crippen molar-refractivity contribution in [2.75, 3.05) is 26.2 Å². The van der Waals surface area contributed by atoms with Gasteiger partial charge in [0.1, 0.15) is 0 Å². The molecule has 0 aromatic carbocycles. The van der Waals surface area contributed by atoms with Gasteiger partial charge in [-0.2, -0.15) is 0 Å². The number of hydrogen-bond acceptors (Lipinski definition) is 2. The van der Waals surface area contributed by atoms with Crippen molar-refractivity contribution < 1.29 is 4.79 Å². The molecule has 1 amide bonds. The van der Waals surface area contributed by atoms with Gasteiger partial charge in [0.15, 0.2) is 0 Å². The van der Waals surface area contributed by atoms with Gasteiger partial charge in [-0.25, -0.2) is 0 Å². The maximum absolute atomic E-state index is 13.0. The fraction of sp³-hybridized carbons (Fsp3) is 0.941. The molecular weight excluding hydrogens is 284 g/mol. The molecule has 1 N–H and O–H groups in total. The van der Waals surface area contributed by atoms with Crippen LogP contribution in [0.5, 0.6) is 0 Å². The summed E-state index contributed by atoms with van der Waals surface area (Å²) in [4.78, 5) is 15.2. The van der Waals surface area contributed by atoms with Gasteiger partial charge < -0.3 is 10.2 Å². The lowest BCUT2D eigenvalue weighted by molar-refractivity contribution is -0.149. The third-order valence-electron chi connectivity index (χ3n) is 5.87. The molecule has 0 spiro atoms. The highest BCUT2D eigenvalue weighted by Gasteiger charge is 2.46. The summed E-state index contributed by atoms with van der Waals surface area (Å²) in [6.07, 6.45) is 7.03. The van der Waals surface area contributed by atoms with Crippen molar-refractivity contribution in [3.63, 3.8) is 0 Å². The summed E-state index contributed by atoms with van der Waals surface area (Å²) in [5, 5.41) is 3.51. The van der Waals surface area contributed by atoms with Gasteiger partial charge in [0.2, 0.25) is 5.91 Å². The Hall–Kier alpha value is -0.280. The molecular formula is C17H31ClN2O. The molecule has 2 saturated heterocycles. The average Bonchev–Trinajstić information content (AvgIpc) is 2.72. The number of rotatable bonds is 3. The Balaban J connectivity index is 0.00000161. The van der Waals surface area contributed by atoms with E-state index in [1.54, 1.807) is 0 Å². The number of carbonyl (C=O) groups is 1. The first-order valence-electron chi connectivity index (χ1n) is 8.61. The quantitative estimate of drug-likeness (QED) is 0.868. The Morgan fingerprint density at radius 2 is 1.76 bits per heavy atom. The normalized spacial score (nSPS) is 31.1. The summed E-state index contributed by atoms with van der Waals surface area (Å²) in [6, 6.07) is 0. The van der Waals surface area contributed by atoms with Gasteiger partial charge in [-0.3, -0.25) is 4.79 Å². The summed E-state index contributed by atoms with van der Waals surface area (Å²) in [6.45, 7) is 8.86. The molecule has 0 aromatic heterocycles. The van der Waals surface area contributed by atoms with Gasteiger partial charge in [-0.05, 0) is 62.9 Å². The minimum absolute atomic E-state index is 0. The minimum Gasteiger partial charge on any atom is -0.342 e. The summed E-state index contributed by atoms with van der Waals surface area (Å²) >= 11 is 0. The van der Waals surface area contributed by atoms with Crippen LogP contribution in [0.1, 0.15) is 52.4 Å². The first-order chi connectivity index (χ1) is 9.61. The Kier molecular flexibility index (Phi) is 5.59. The van der Waals surface area contributed by atoms with E-state index >= 15 is 0 Å². The summed E-state index contributed by atoms with van der Waals surface area (Å²) < 4.78 is 0. The first-order valence-corrected chi connectivity index (χ1v) is 8.61. The largest absolute Gasteiger partial charge is 0.342 e. The number of fused-ring (bicyclic) bond motifs is 1. The molecule has 3 fully saturated rings. The molecule has 0 aromatic rings. The number of carbonyl (C=O) groups excluding carboxylic acids is 1. The molecule has 1 saturated carbocycles. The third-order valence-corrected chi connectivity index (χ3v) is 5.87. The van der Waals surface area contributed by atoms with Crippen LogP contribution in [0.4, 0.5) is 0 Å². The van der Waals surface area contributed by atoms with E-state index in [0.717, 1.165) is 44.2 Å². The SMILES string of the molecule is CC(C)CC1(C(=O)N2CC[C@@H]3CNC[C@@H]3CC2)CCC1.Cl. The van der Waals surface area contributed by atoms with Crippen LogP contribution < -0.4 is 5.32 Å². The highest BCUT2D eigenvalue weighted by molar-refractivity contribution is 5.85. The second kappa shape index (κ2) is 6.87. The topological polar surface area (TPSA) is 32.3 Å². The van der Waals surface area contributed by atoms with Crippen LogP contribution in [-0.2, 0) is 4.79 Å². The predicted octanol–water partition coefficient (Wildman–Crippen LogP) is 3.08. The molecule has 3 rings (SSSR count). The van der Waals surface area contributed by atoms with Crippen LogP contribution in [0.15, 0.2) is 0 Å². The lowest BCUT2D eigenvalue weighted by atomic mass is 9.63. The maximum atomic E-state index is 13.0. The van der Waals surface area contributed by atoms with Crippen LogP contribution >= 0.6 is 12.4 Å². The van der Waals surface area contributed by atoms with Crippen molar-refractivity contribution in [2.24, 2.45) is 23.2 Å².